The van der Waals surface area contributed by atoms with Gasteiger partial charge in [-0.2, -0.15) is 0 Å². The van der Waals surface area contributed by atoms with Crippen LogP contribution >= 0.6 is 0 Å². The molecule has 6 heteroatoms. The van der Waals surface area contributed by atoms with Gasteiger partial charge < -0.3 is 14.2 Å². The molecule has 0 radical (unpaired) electrons. The summed E-state index contributed by atoms with van der Waals surface area (Å²) in [4.78, 5) is 38.3. The van der Waals surface area contributed by atoms with E-state index >= 15 is 0 Å². The highest BCUT2D eigenvalue weighted by atomic mass is 16.6. The van der Waals surface area contributed by atoms with Gasteiger partial charge in [0.25, 0.3) is 0 Å². The van der Waals surface area contributed by atoms with Crippen LogP contribution in [0.15, 0.2) is 109 Å². The van der Waals surface area contributed by atoms with Crippen LogP contribution in [0.2, 0.25) is 0 Å². The van der Waals surface area contributed by atoms with E-state index in [0.29, 0.717) is 19.3 Å². The van der Waals surface area contributed by atoms with Gasteiger partial charge in [-0.3, -0.25) is 14.4 Å². The molecule has 0 spiro atoms. The van der Waals surface area contributed by atoms with Crippen molar-refractivity contribution < 1.29 is 28.6 Å². The van der Waals surface area contributed by atoms with Crippen LogP contribution in [0.4, 0.5) is 0 Å². The lowest BCUT2D eigenvalue weighted by molar-refractivity contribution is -0.167. The van der Waals surface area contributed by atoms with Crippen LogP contribution in [0.25, 0.3) is 0 Å². The SMILES string of the molecule is CC/C=C\C/C=C\C/C=C\C/C=C\C/C=C\C/C=C\CCCCC(=O)OCC(COC(=O)CCCCCCC/C=C\CCCCCCCC)OC(=O)CCCCCCCCCCC/C=C\C/C=C\CCCCCCC. The van der Waals surface area contributed by atoms with Crippen molar-refractivity contribution in [2.45, 2.75) is 297 Å². The Morgan fingerprint density at radius 1 is 0.280 bits per heavy atom. The van der Waals surface area contributed by atoms with E-state index in [1.54, 1.807) is 0 Å². The van der Waals surface area contributed by atoms with E-state index in [1.165, 1.54) is 141 Å². The molecule has 0 amide bonds. The molecule has 0 rings (SSSR count). The molecule has 0 aliphatic carbocycles. The first-order valence-corrected chi connectivity index (χ1v) is 31.4. The zero-order valence-corrected chi connectivity index (χ0v) is 49.0. The zero-order valence-electron chi connectivity index (χ0n) is 49.0. The topological polar surface area (TPSA) is 78.9 Å². The average Bonchev–Trinajstić information content (AvgIpc) is 3.41. The Hall–Kier alpha value is -3.93. The lowest BCUT2D eigenvalue weighted by Gasteiger charge is -2.18. The van der Waals surface area contributed by atoms with Crippen molar-refractivity contribution in [1.29, 1.82) is 0 Å². The largest absolute Gasteiger partial charge is 0.462 e. The number of ether oxygens (including phenoxy) is 3. The standard InChI is InChI=1S/C69H116O6/c1-4-7-10-13-16-19-22-25-28-30-32-34-36-38-41-44-47-50-53-56-59-62-68(71)74-65-66(64-73-67(70)61-58-55-52-49-46-43-40-27-24-21-18-15-12-9-6-3)75-69(72)63-60-57-54-51-48-45-42-39-37-35-33-31-29-26-23-20-17-14-11-8-5-2/h7,10,16,19,23,25-28,31-34,38,40-41,47,50,66H,4-6,8-9,11-15,17-18,20-22,24,29-30,35-37,39,42-46,48-49,51-65H2,1-3H3/b10-7-,19-16-,26-23-,28-25-,33-31-,34-32-,40-27-,41-38-,50-47-. The predicted molar refractivity (Wildman–Crippen MR) is 325 cm³/mol. The van der Waals surface area contributed by atoms with Gasteiger partial charge in [-0.1, -0.05) is 252 Å². The predicted octanol–water partition coefficient (Wildman–Crippen LogP) is 21.4. The van der Waals surface area contributed by atoms with Crippen LogP contribution in [-0.4, -0.2) is 37.2 Å². The minimum Gasteiger partial charge on any atom is -0.462 e. The minimum absolute atomic E-state index is 0.0987. The fourth-order valence-corrected chi connectivity index (χ4v) is 8.53. The van der Waals surface area contributed by atoms with Crippen molar-refractivity contribution in [3.8, 4) is 0 Å². The summed E-state index contributed by atoms with van der Waals surface area (Å²) in [6.45, 7) is 6.48. The second kappa shape index (κ2) is 62.6. The summed E-state index contributed by atoms with van der Waals surface area (Å²) < 4.78 is 16.9. The second-order valence-electron chi connectivity index (χ2n) is 20.6. The lowest BCUT2D eigenvalue weighted by Crippen LogP contribution is -2.30. The third-order valence-corrected chi connectivity index (χ3v) is 13.2. The quantitative estimate of drug-likeness (QED) is 0.0261. The van der Waals surface area contributed by atoms with E-state index in [2.05, 4.69) is 130 Å². The molecule has 0 saturated heterocycles. The average molecular weight is 1040 g/mol. The normalized spacial score (nSPS) is 12.8. The molecule has 0 saturated carbocycles. The van der Waals surface area contributed by atoms with Crippen LogP contribution in [-0.2, 0) is 28.6 Å². The van der Waals surface area contributed by atoms with Crippen molar-refractivity contribution in [1.82, 2.24) is 0 Å². The van der Waals surface area contributed by atoms with Crippen molar-refractivity contribution in [3.05, 3.63) is 109 Å². The zero-order chi connectivity index (χ0) is 54.3. The minimum atomic E-state index is -0.805. The molecule has 0 aliphatic heterocycles. The Kier molecular flexibility index (Phi) is 59.3. The molecule has 0 aliphatic rings. The van der Waals surface area contributed by atoms with E-state index in [9.17, 15) is 14.4 Å². The third-order valence-electron chi connectivity index (χ3n) is 13.2. The van der Waals surface area contributed by atoms with Crippen LogP contribution in [0, 0.1) is 0 Å². The number of hydrogen-bond acceptors (Lipinski definition) is 6. The number of carbonyl (C=O) groups excluding carboxylic acids is 3. The highest BCUT2D eigenvalue weighted by molar-refractivity contribution is 5.71. The molecule has 1 atom stereocenters. The van der Waals surface area contributed by atoms with Crippen LogP contribution < -0.4 is 0 Å². The molecule has 0 bridgehead atoms. The molecule has 0 N–H and O–H groups in total. The monoisotopic (exact) mass is 1040 g/mol. The van der Waals surface area contributed by atoms with Gasteiger partial charge in [0.15, 0.2) is 6.10 Å². The summed E-state index contributed by atoms with van der Waals surface area (Å²) in [5.74, 6) is -0.950. The molecule has 0 fully saturated rings. The second-order valence-corrected chi connectivity index (χ2v) is 20.6. The molecule has 0 heterocycles. The maximum atomic E-state index is 12.9. The van der Waals surface area contributed by atoms with Gasteiger partial charge >= 0.3 is 17.9 Å². The van der Waals surface area contributed by atoms with Crippen molar-refractivity contribution in [2.24, 2.45) is 0 Å². The molecule has 0 aromatic carbocycles. The molecular formula is C69H116O6. The summed E-state index contributed by atoms with van der Waals surface area (Å²) in [6.07, 6.45) is 85.1. The Morgan fingerprint density at radius 2 is 0.520 bits per heavy atom. The molecule has 6 nitrogen and oxygen atoms in total. The smallest absolute Gasteiger partial charge is 0.306 e. The van der Waals surface area contributed by atoms with E-state index in [1.807, 2.05) is 0 Å². The van der Waals surface area contributed by atoms with Gasteiger partial charge in [0.05, 0.1) is 0 Å². The Bertz CT molecular complexity index is 1520. The Balaban J connectivity index is 4.47. The molecule has 75 heavy (non-hydrogen) atoms. The molecular weight excluding hydrogens is 925 g/mol. The number of hydrogen-bond donors (Lipinski definition) is 0. The summed E-state index contributed by atoms with van der Waals surface area (Å²) in [7, 11) is 0. The number of rotatable bonds is 56. The van der Waals surface area contributed by atoms with Crippen LogP contribution in [0.5, 0.6) is 0 Å². The highest BCUT2D eigenvalue weighted by Gasteiger charge is 2.19. The molecule has 428 valence electrons. The number of carbonyl (C=O) groups is 3. The first kappa shape index (κ1) is 71.1. The molecule has 1 unspecified atom stereocenters. The first-order chi connectivity index (χ1) is 37.0. The van der Waals surface area contributed by atoms with E-state index in [-0.39, 0.29) is 31.1 Å². The van der Waals surface area contributed by atoms with Crippen LogP contribution in [0.1, 0.15) is 290 Å². The Labute approximate surface area is 463 Å². The van der Waals surface area contributed by atoms with E-state index in [0.717, 1.165) is 109 Å². The van der Waals surface area contributed by atoms with Gasteiger partial charge in [-0.05, 0) is 128 Å². The first-order valence-electron chi connectivity index (χ1n) is 31.4. The number of esters is 3. The molecule has 0 aromatic heterocycles. The van der Waals surface area contributed by atoms with Gasteiger partial charge in [-0.15, -0.1) is 0 Å². The molecule has 0 aromatic rings. The lowest BCUT2D eigenvalue weighted by atomic mass is 10.1. The van der Waals surface area contributed by atoms with E-state index < -0.39 is 6.10 Å². The van der Waals surface area contributed by atoms with Crippen LogP contribution in [0.3, 0.4) is 0 Å². The third kappa shape index (κ3) is 60.8. The van der Waals surface area contributed by atoms with Gasteiger partial charge in [0.1, 0.15) is 13.2 Å². The summed E-state index contributed by atoms with van der Waals surface area (Å²) in [5, 5.41) is 0. The highest BCUT2D eigenvalue weighted by Crippen LogP contribution is 2.15. The van der Waals surface area contributed by atoms with Gasteiger partial charge in [0.2, 0.25) is 0 Å². The maximum Gasteiger partial charge on any atom is 0.306 e. The van der Waals surface area contributed by atoms with E-state index in [4.69, 9.17) is 14.2 Å². The summed E-state index contributed by atoms with van der Waals surface area (Å²) >= 11 is 0. The van der Waals surface area contributed by atoms with Gasteiger partial charge in [-0.25, -0.2) is 0 Å². The number of allylic oxidation sites excluding steroid dienone is 18. The number of unbranched alkanes of at least 4 members (excludes halogenated alkanes) is 27. The van der Waals surface area contributed by atoms with Gasteiger partial charge in [0, 0.05) is 19.3 Å². The van der Waals surface area contributed by atoms with Crippen molar-refractivity contribution >= 4 is 17.9 Å². The maximum absolute atomic E-state index is 12.9. The van der Waals surface area contributed by atoms with Crippen molar-refractivity contribution in [3.63, 3.8) is 0 Å². The summed E-state index contributed by atoms with van der Waals surface area (Å²) in [6, 6.07) is 0. The fraction of sp³-hybridized carbons (Fsp3) is 0.696. The van der Waals surface area contributed by atoms with Crippen molar-refractivity contribution in [2.75, 3.05) is 13.2 Å². The fourth-order valence-electron chi connectivity index (χ4n) is 8.53. The summed E-state index contributed by atoms with van der Waals surface area (Å²) in [5.41, 5.74) is 0. The Morgan fingerprint density at radius 3 is 0.853 bits per heavy atom.